The Morgan fingerprint density at radius 2 is 2.33 bits per heavy atom. The van der Waals surface area contributed by atoms with Crippen molar-refractivity contribution in [3.05, 3.63) is 6.33 Å². The highest BCUT2D eigenvalue weighted by Crippen LogP contribution is 2.24. The highest BCUT2D eigenvalue weighted by atomic mass is 32.2. The maximum absolute atomic E-state index is 4.40. The first-order chi connectivity index (χ1) is 7.35. The van der Waals surface area contributed by atoms with E-state index in [-0.39, 0.29) is 0 Å². The Morgan fingerprint density at radius 1 is 1.47 bits per heavy atom. The topological polar surface area (TPSA) is 66.5 Å². The average molecular weight is 223 g/mol. The fourth-order valence-electron chi connectivity index (χ4n) is 1.22. The molecule has 0 unspecified atom stereocenters. The molecule has 80 valence electrons. The molecule has 2 rings (SSSR count). The number of aromatic amines is 1. The molecule has 6 heteroatoms. The van der Waals surface area contributed by atoms with Gasteiger partial charge in [0, 0.05) is 7.05 Å². The molecule has 2 N–H and O–H groups in total. The first kappa shape index (κ1) is 10.2. The van der Waals surface area contributed by atoms with Crippen LogP contribution in [0.15, 0.2) is 11.4 Å². The molecule has 15 heavy (non-hydrogen) atoms. The second-order valence-corrected chi connectivity index (χ2v) is 4.14. The van der Waals surface area contributed by atoms with E-state index in [4.69, 9.17) is 0 Å². The molecule has 0 radical (unpaired) electrons. The number of hydrogen-bond donors (Lipinski definition) is 2. The molecule has 2 heterocycles. The van der Waals surface area contributed by atoms with Gasteiger partial charge in [0.05, 0.1) is 6.33 Å². The minimum Gasteiger partial charge on any atom is -0.357 e. The quantitative estimate of drug-likeness (QED) is 0.612. The summed E-state index contributed by atoms with van der Waals surface area (Å²) in [5, 5.41) is 3.90. The van der Waals surface area contributed by atoms with Crippen LogP contribution < -0.4 is 5.32 Å². The summed E-state index contributed by atoms with van der Waals surface area (Å²) in [5.74, 6) is 1.67. The molecular weight excluding hydrogens is 210 g/mol. The van der Waals surface area contributed by atoms with Crippen molar-refractivity contribution in [2.24, 2.45) is 0 Å². The molecule has 0 aliphatic heterocycles. The Morgan fingerprint density at radius 3 is 3.07 bits per heavy atom. The number of anilines is 1. The van der Waals surface area contributed by atoms with Crippen molar-refractivity contribution in [2.45, 2.75) is 18.4 Å². The van der Waals surface area contributed by atoms with Gasteiger partial charge in [-0.2, -0.15) is 4.98 Å². The lowest BCUT2D eigenvalue weighted by atomic mass is 10.5. The predicted octanol–water partition coefficient (Wildman–Crippen LogP) is 1.90. The van der Waals surface area contributed by atoms with Crippen molar-refractivity contribution in [1.82, 2.24) is 19.9 Å². The summed E-state index contributed by atoms with van der Waals surface area (Å²) in [7, 11) is 1.81. The largest absolute Gasteiger partial charge is 0.357 e. The van der Waals surface area contributed by atoms with Crippen LogP contribution in [0.3, 0.4) is 0 Å². The number of thioether (sulfide) groups is 1. The Bertz CT molecular complexity index is 453. The molecular formula is C9H13N5S. The number of imidazole rings is 1. The highest BCUT2D eigenvalue weighted by Gasteiger charge is 2.08. The van der Waals surface area contributed by atoms with Crippen molar-refractivity contribution in [3.63, 3.8) is 0 Å². The molecule has 0 fully saturated rings. The van der Waals surface area contributed by atoms with Gasteiger partial charge in [0.1, 0.15) is 10.5 Å². The predicted molar refractivity (Wildman–Crippen MR) is 62.2 cm³/mol. The van der Waals surface area contributed by atoms with Gasteiger partial charge in [-0.15, -0.1) is 11.8 Å². The van der Waals surface area contributed by atoms with Crippen molar-refractivity contribution >= 4 is 28.9 Å². The lowest BCUT2D eigenvalue weighted by Crippen LogP contribution is -1.98. The van der Waals surface area contributed by atoms with Crippen molar-refractivity contribution in [2.75, 3.05) is 18.1 Å². The zero-order valence-corrected chi connectivity index (χ0v) is 9.56. The van der Waals surface area contributed by atoms with Crippen molar-refractivity contribution < 1.29 is 0 Å². The average Bonchev–Trinajstić information content (AvgIpc) is 2.73. The highest BCUT2D eigenvalue weighted by molar-refractivity contribution is 7.99. The first-order valence-electron chi connectivity index (χ1n) is 4.86. The maximum atomic E-state index is 4.40. The third-order valence-corrected chi connectivity index (χ3v) is 3.10. The second-order valence-electron chi connectivity index (χ2n) is 3.05. The number of nitrogens with zero attached hydrogens (tertiary/aromatic N) is 3. The van der Waals surface area contributed by atoms with Gasteiger partial charge in [0.15, 0.2) is 5.65 Å². The van der Waals surface area contributed by atoms with Crippen LogP contribution in [0.25, 0.3) is 11.2 Å². The molecule has 0 spiro atoms. The lowest BCUT2D eigenvalue weighted by molar-refractivity contribution is 1.06. The Balaban J connectivity index is 2.43. The molecule has 0 aromatic carbocycles. The summed E-state index contributed by atoms with van der Waals surface area (Å²) in [6.07, 6.45) is 2.77. The van der Waals surface area contributed by atoms with E-state index < -0.39 is 0 Å². The van der Waals surface area contributed by atoms with Gasteiger partial charge in [-0.3, -0.25) is 0 Å². The summed E-state index contributed by atoms with van der Waals surface area (Å²) in [5.41, 5.74) is 1.64. The Labute approximate surface area is 92.1 Å². The molecule has 2 aromatic rings. The van der Waals surface area contributed by atoms with E-state index in [1.54, 1.807) is 18.1 Å². The molecule has 0 aliphatic rings. The van der Waals surface area contributed by atoms with Crippen molar-refractivity contribution in [1.29, 1.82) is 0 Å². The summed E-state index contributed by atoms with van der Waals surface area (Å²) >= 11 is 1.72. The monoisotopic (exact) mass is 223 g/mol. The van der Waals surface area contributed by atoms with E-state index in [0.717, 1.165) is 22.7 Å². The Hall–Kier alpha value is -1.30. The van der Waals surface area contributed by atoms with Gasteiger partial charge < -0.3 is 10.3 Å². The molecule has 0 amide bonds. The molecule has 0 bridgehead atoms. The van der Waals surface area contributed by atoms with Gasteiger partial charge in [0.2, 0.25) is 5.95 Å². The number of fused-ring (bicyclic) bond motifs is 1. The van der Waals surface area contributed by atoms with Gasteiger partial charge in [-0.1, -0.05) is 6.92 Å². The third-order valence-electron chi connectivity index (χ3n) is 1.92. The van der Waals surface area contributed by atoms with E-state index in [1.807, 2.05) is 7.05 Å². The minimum absolute atomic E-state index is 0.619. The molecule has 5 nitrogen and oxygen atoms in total. The zero-order valence-electron chi connectivity index (χ0n) is 8.74. The molecule has 0 saturated carbocycles. The van der Waals surface area contributed by atoms with Gasteiger partial charge >= 0.3 is 0 Å². The van der Waals surface area contributed by atoms with Gasteiger partial charge in [-0.05, 0) is 12.2 Å². The first-order valence-corrected chi connectivity index (χ1v) is 5.85. The summed E-state index contributed by atoms with van der Waals surface area (Å²) in [4.78, 5) is 15.8. The van der Waals surface area contributed by atoms with Crippen LogP contribution in [0.4, 0.5) is 5.95 Å². The molecule has 0 saturated heterocycles. The van der Waals surface area contributed by atoms with Crippen LogP contribution in [0.2, 0.25) is 0 Å². The van der Waals surface area contributed by atoms with E-state index in [1.165, 1.54) is 0 Å². The number of nitrogens with one attached hydrogen (secondary N) is 2. The van der Waals surface area contributed by atoms with Crippen LogP contribution >= 0.6 is 11.8 Å². The number of aromatic nitrogens is 4. The van der Waals surface area contributed by atoms with Gasteiger partial charge in [0.25, 0.3) is 0 Å². The van der Waals surface area contributed by atoms with E-state index in [0.29, 0.717) is 11.6 Å². The summed E-state index contributed by atoms with van der Waals surface area (Å²) in [6, 6.07) is 0. The van der Waals surface area contributed by atoms with Crippen LogP contribution in [0, 0.1) is 0 Å². The maximum Gasteiger partial charge on any atom is 0.225 e. The zero-order chi connectivity index (χ0) is 10.7. The van der Waals surface area contributed by atoms with E-state index in [9.17, 15) is 0 Å². The number of H-pyrrole nitrogens is 1. The van der Waals surface area contributed by atoms with E-state index >= 15 is 0 Å². The lowest BCUT2D eigenvalue weighted by Gasteiger charge is -2.03. The second kappa shape index (κ2) is 4.48. The van der Waals surface area contributed by atoms with Crippen LogP contribution in [0.5, 0.6) is 0 Å². The van der Waals surface area contributed by atoms with Crippen molar-refractivity contribution in [3.8, 4) is 0 Å². The molecule has 0 aliphatic carbocycles. The fraction of sp³-hybridized carbons (Fsp3) is 0.444. The van der Waals surface area contributed by atoms with Gasteiger partial charge in [-0.25, -0.2) is 9.97 Å². The smallest absolute Gasteiger partial charge is 0.225 e. The number of hydrogen-bond acceptors (Lipinski definition) is 5. The van der Waals surface area contributed by atoms with Crippen LogP contribution in [0.1, 0.15) is 13.3 Å². The van der Waals surface area contributed by atoms with Crippen LogP contribution in [-0.2, 0) is 0 Å². The standard InChI is InChI=1S/C9H13N5S/c1-3-4-15-8-6-7(12-5-11-6)13-9(10-2)14-8/h5H,3-4H2,1-2H3,(H2,10,11,12,13,14). The summed E-state index contributed by atoms with van der Waals surface area (Å²) in [6.45, 7) is 2.15. The Kier molecular flexibility index (Phi) is 3.05. The fourth-order valence-corrected chi connectivity index (χ4v) is 2.06. The molecule has 0 atom stereocenters. The third kappa shape index (κ3) is 2.04. The minimum atomic E-state index is 0.619. The molecule has 2 aromatic heterocycles. The SMILES string of the molecule is CCCSc1nc(NC)nc2nc[nH]c12. The van der Waals surface area contributed by atoms with E-state index in [2.05, 4.69) is 32.2 Å². The summed E-state index contributed by atoms with van der Waals surface area (Å²) < 4.78 is 0. The number of rotatable bonds is 4. The normalized spacial score (nSPS) is 10.8. The van der Waals surface area contributed by atoms with Crippen LogP contribution in [-0.4, -0.2) is 32.7 Å².